The van der Waals surface area contributed by atoms with Crippen molar-refractivity contribution in [3.8, 4) is 0 Å². The van der Waals surface area contributed by atoms with Crippen molar-refractivity contribution in [2.75, 3.05) is 6.61 Å². The van der Waals surface area contributed by atoms with E-state index in [9.17, 15) is 5.11 Å². The van der Waals surface area contributed by atoms with E-state index in [1.165, 1.54) is 0 Å². The van der Waals surface area contributed by atoms with Gasteiger partial charge < -0.3 is 0 Å². The molecule has 0 aromatic rings. The largest absolute Gasteiger partial charge is 0.232 e. The molecule has 0 spiro atoms. The molecule has 1 unspecified atom stereocenters. The first kappa shape index (κ1) is 7.70. The molecular weight excluding hydrogens is 100 g/mol. The summed E-state index contributed by atoms with van der Waals surface area (Å²) in [6, 6.07) is 0. The van der Waals surface area contributed by atoms with E-state index >= 15 is 0 Å². The lowest BCUT2D eigenvalue weighted by Crippen LogP contribution is -1.84. The van der Waals surface area contributed by atoms with Gasteiger partial charge in [-0.2, -0.15) is 0 Å². The molecule has 8 heavy (non-hydrogen) atoms. The van der Waals surface area contributed by atoms with E-state index in [1.807, 2.05) is 6.08 Å². The van der Waals surface area contributed by atoms with Gasteiger partial charge >= 0.3 is 0 Å². The summed E-state index contributed by atoms with van der Waals surface area (Å²) in [5.74, 6) is 0.573. The highest BCUT2D eigenvalue weighted by Gasteiger charge is 1.87. The second-order valence-corrected chi connectivity index (χ2v) is 1.98. The lowest BCUT2D eigenvalue weighted by atomic mass is 10.1. The van der Waals surface area contributed by atoms with Gasteiger partial charge in [0, 0.05) is 0 Å². The third kappa shape index (κ3) is 3.88. The summed E-state index contributed by atoms with van der Waals surface area (Å²) in [5, 5.41) is 9.86. The average molecular weight is 113 g/mol. The Bertz CT molecular complexity index is 66.8. The van der Waals surface area contributed by atoms with Crippen molar-refractivity contribution in [1.82, 2.24) is 0 Å². The van der Waals surface area contributed by atoms with E-state index in [0.29, 0.717) is 5.92 Å². The van der Waals surface area contributed by atoms with E-state index in [2.05, 4.69) is 13.8 Å². The topological polar surface area (TPSA) is 19.9 Å². The van der Waals surface area contributed by atoms with Crippen LogP contribution in [0.15, 0.2) is 12.2 Å². The summed E-state index contributed by atoms with van der Waals surface area (Å²) < 4.78 is 0. The molecule has 0 rings (SSSR count). The van der Waals surface area contributed by atoms with Crippen LogP contribution in [0.5, 0.6) is 0 Å². The third-order valence-corrected chi connectivity index (χ3v) is 1.20. The fourth-order valence-electron chi connectivity index (χ4n) is 0.424. The van der Waals surface area contributed by atoms with Crippen molar-refractivity contribution in [2.45, 2.75) is 20.3 Å². The molecule has 1 radical (unpaired) electrons. The molecular formula is C7H13O. The zero-order valence-electron chi connectivity index (χ0n) is 5.55. The predicted molar refractivity (Wildman–Crippen MR) is 34.1 cm³/mol. The minimum absolute atomic E-state index is 0.0790. The maximum Gasteiger partial charge on any atom is 0.100 e. The Morgan fingerprint density at radius 2 is 2.25 bits per heavy atom. The van der Waals surface area contributed by atoms with Crippen LogP contribution < -0.4 is 0 Å². The molecule has 0 bridgehead atoms. The van der Waals surface area contributed by atoms with Crippen molar-refractivity contribution in [2.24, 2.45) is 5.92 Å². The molecule has 1 atom stereocenters. The fraction of sp³-hybridized carbons (Fsp3) is 0.714. The molecule has 0 heterocycles. The monoisotopic (exact) mass is 113 g/mol. The van der Waals surface area contributed by atoms with Crippen LogP contribution in [0, 0.1) is 5.92 Å². The maximum absolute atomic E-state index is 9.86. The Morgan fingerprint density at radius 3 is 2.62 bits per heavy atom. The van der Waals surface area contributed by atoms with Crippen LogP contribution in [0.2, 0.25) is 0 Å². The van der Waals surface area contributed by atoms with Gasteiger partial charge in [-0.25, -0.2) is 5.11 Å². The number of hydrogen-bond donors (Lipinski definition) is 0. The van der Waals surface area contributed by atoms with Crippen LogP contribution in [0.3, 0.4) is 0 Å². The van der Waals surface area contributed by atoms with Gasteiger partial charge in [0.2, 0.25) is 0 Å². The zero-order chi connectivity index (χ0) is 6.41. The highest BCUT2D eigenvalue weighted by molar-refractivity contribution is 4.84. The van der Waals surface area contributed by atoms with Crippen LogP contribution in [-0.2, 0) is 5.11 Å². The van der Waals surface area contributed by atoms with Crippen LogP contribution in [0.4, 0.5) is 0 Å². The van der Waals surface area contributed by atoms with Crippen molar-refractivity contribution in [3.63, 3.8) is 0 Å². The molecule has 0 saturated carbocycles. The van der Waals surface area contributed by atoms with Gasteiger partial charge in [0.05, 0.1) is 0 Å². The summed E-state index contributed by atoms with van der Waals surface area (Å²) in [5.41, 5.74) is 0. The second-order valence-electron chi connectivity index (χ2n) is 1.98. The molecule has 0 aliphatic carbocycles. The van der Waals surface area contributed by atoms with Crippen LogP contribution in [0.1, 0.15) is 20.3 Å². The lowest BCUT2D eigenvalue weighted by molar-refractivity contribution is 0.232. The van der Waals surface area contributed by atoms with Gasteiger partial charge in [-0.15, -0.1) is 0 Å². The normalized spacial score (nSPS) is 14.9. The van der Waals surface area contributed by atoms with Gasteiger partial charge in [-0.05, 0) is 5.92 Å². The number of rotatable bonds is 3. The predicted octanol–water partition coefficient (Wildman–Crippen LogP) is 2.02. The SMILES string of the molecule is CCC(C)/C=C/C[O]. The number of allylic oxidation sites excluding steroid dienone is 1. The summed E-state index contributed by atoms with van der Waals surface area (Å²) >= 11 is 0. The van der Waals surface area contributed by atoms with E-state index in [4.69, 9.17) is 0 Å². The minimum atomic E-state index is -0.0790. The molecule has 47 valence electrons. The quantitative estimate of drug-likeness (QED) is 0.499. The van der Waals surface area contributed by atoms with Crippen molar-refractivity contribution >= 4 is 0 Å². The van der Waals surface area contributed by atoms with Gasteiger partial charge in [0.15, 0.2) is 0 Å². The first-order chi connectivity index (χ1) is 3.81. The summed E-state index contributed by atoms with van der Waals surface area (Å²) in [4.78, 5) is 0. The Hall–Kier alpha value is -0.300. The minimum Gasteiger partial charge on any atom is -0.232 e. The van der Waals surface area contributed by atoms with Crippen molar-refractivity contribution < 1.29 is 5.11 Å². The molecule has 0 aromatic heterocycles. The van der Waals surface area contributed by atoms with Gasteiger partial charge in [0.25, 0.3) is 0 Å². The smallest absolute Gasteiger partial charge is 0.100 e. The van der Waals surface area contributed by atoms with E-state index in [1.54, 1.807) is 6.08 Å². The van der Waals surface area contributed by atoms with Crippen LogP contribution in [0.25, 0.3) is 0 Å². The molecule has 0 amide bonds. The Labute approximate surface area is 51.0 Å². The van der Waals surface area contributed by atoms with E-state index < -0.39 is 0 Å². The van der Waals surface area contributed by atoms with Crippen molar-refractivity contribution in [1.29, 1.82) is 0 Å². The second kappa shape index (κ2) is 4.85. The molecule has 0 aliphatic heterocycles. The summed E-state index contributed by atoms with van der Waals surface area (Å²) in [6.45, 7) is 4.14. The molecule has 1 nitrogen and oxygen atoms in total. The van der Waals surface area contributed by atoms with Gasteiger partial charge in [-0.3, -0.25) is 0 Å². The summed E-state index contributed by atoms with van der Waals surface area (Å²) in [6.07, 6.45) is 4.76. The van der Waals surface area contributed by atoms with Gasteiger partial charge in [-0.1, -0.05) is 32.4 Å². The maximum atomic E-state index is 9.86. The Kier molecular flexibility index (Phi) is 4.67. The first-order valence-electron chi connectivity index (χ1n) is 3.06. The van der Waals surface area contributed by atoms with E-state index in [0.717, 1.165) is 6.42 Å². The van der Waals surface area contributed by atoms with Gasteiger partial charge in [0.1, 0.15) is 6.61 Å². The number of hydrogen-bond acceptors (Lipinski definition) is 0. The van der Waals surface area contributed by atoms with Crippen LogP contribution >= 0.6 is 0 Å². The Morgan fingerprint density at radius 1 is 1.62 bits per heavy atom. The average Bonchev–Trinajstić information content (AvgIpc) is 1.83. The lowest BCUT2D eigenvalue weighted by Gasteiger charge is -1.96. The Balaban J connectivity index is 3.21. The molecule has 0 aliphatic rings. The third-order valence-electron chi connectivity index (χ3n) is 1.20. The highest BCUT2D eigenvalue weighted by atomic mass is 16.2. The zero-order valence-corrected chi connectivity index (χ0v) is 5.55. The molecule has 0 N–H and O–H groups in total. The molecule has 0 saturated heterocycles. The standard InChI is InChI=1S/C7H13O/c1-3-7(2)5-4-6-8/h4-5,7H,3,6H2,1-2H3/b5-4+. The highest BCUT2D eigenvalue weighted by Crippen LogP contribution is 2.00. The molecule has 1 heteroatoms. The molecule has 0 fully saturated rings. The van der Waals surface area contributed by atoms with Crippen LogP contribution in [-0.4, -0.2) is 6.61 Å². The molecule has 0 aromatic carbocycles. The van der Waals surface area contributed by atoms with E-state index in [-0.39, 0.29) is 6.61 Å². The first-order valence-corrected chi connectivity index (χ1v) is 3.06. The van der Waals surface area contributed by atoms with Crippen molar-refractivity contribution in [3.05, 3.63) is 12.2 Å². The summed E-state index contributed by atoms with van der Waals surface area (Å²) in [7, 11) is 0. The fourth-order valence-corrected chi connectivity index (χ4v) is 0.424.